The Hall–Kier alpha value is -9.49. The number of imide groups is 1. The topological polar surface area (TPSA) is 424 Å². The van der Waals surface area contributed by atoms with Gasteiger partial charge in [-0.2, -0.15) is 0 Å². The van der Waals surface area contributed by atoms with E-state index in [0.29, 0.717) is 33.8 Å². The maximum Gasteiger partial charge on any atom is 0.407 e. The number of hydrogen-bond acceptors (Lipinski definition) is 20. The number of benzene rings is 2. The molecule has 30 heteroatoms. The highest BCUT2D eigenvalue weighted by molar-refractivity contribution is 6.12. The van der Waals surface area contributed by atoms with Gasteiger partial charge in [-0.05, 0) is 74.1 Å². The molecule has 0 saturated heterocycles. The van der Waals surface area contributed by atoms with E-state index in [1.54, 1.807) is 38.1 Å². The van der Waals surface area contributed by atoms with Gasteiger partial charge in [0.05, 0.1) is 107 Å². The zero-order valence-electron chi connectivity index (χ0n) is 49.7. The molecule has 6 rings (SSSR count). The highest BCUT2D eigenvalue weighted by Gasteiger charge is 2.32. The summed E-state index contributed by atoms with van der Waals surface area (Å²) in [6, 6.07) is 13.0. The molecule has 478 valence electrons. The van der Waals surface area contributed by atoms with Gasteiger partial charge in [0.1, 0.15) is 37.2 Å². The summed E-state index contributed by atoms with van der Waals surface area (Å²) in [7, 11) is 0. The number of H-pyrrole nitrogens is 1. The Bertz CT molecular complexity index is 3230. The number of urea groups is 1. The fourth-order valence-electron chi connectivity index (χ4n) is 8.60. The number of hydrogen-bond donors (Lipinski definition) is 10. The summed E-state index contributed by atoms with van der Waals surface area (Å²) >= 11 is 0. The first-order chi connectivity index (χ1) is 42.9. The molecule has 4 heterocycles. The summed E-state index contributed by atoms with van der Waals surface area (Å²) in [6.07, 6.45) is 2.40. The van der Waals surface area contributed by atoms with Crippen LogP contribution in [-0.2, 0) is 70.4 Å². The van der Waals surface area contributed by atoms with E-state index in [4.69, 9.17) is 44.9 Å². The molecule has 9 amide bonds. The molecule has 12 N–H and O–H groups in total. The molecule has 0 radical (unpaired) electrons. The molecule has 30 nitrogen and oxygen atoms in total. The number of aromatic amines is 1. The van der Waals surface area contributed by atoms with Gasteiger partial charge in [-0.1, -0.05) is 38.1 Å². The summed E-state index contributed by atoms with van der Waals surface area (Å²) in [5.41, 5.74) is 16.9. The highest BCUT2D eigenvalue weighted by atomic mass is 16.6. The molecule has 2 aromatic carbocycles. The number of pyridine rings is 1. The second-order valence-corrected chi connectivity index (χ2v) is 20.4. The third-order valence-electron chi connectivity index (χ3n) is 13.2. The van der Waals surface area contributed by atoms with Crippen molar-refractivity contribution in [2.45, 2.75) is 84.2 Å². The van der Waals surface area contributed by atoms with Crippen molar-refractivity contribution in [2.24, 2.45) is 17.4 Å². The summed E-state index contributed by atoms with van der Waals surface area (Å²) in [5, 5.41) is 25.0. The van der Waals surface area contributed by atoms with Crippen molar-refractivity contribution >= 4 is 70.3 Å². The number of fused-ring (bicyclic) bond motifs is 1. The number of carbonyl (C=O) groups excluding carboxylic acids is 8. The molecule has 0 spiro atoms. The van der Waals surface area contributed by atoms with Crippen LogP contribution in [-0.4, -0.2) is 186 Å². The Balaban J connectivity index is 0.912. The van der Waals surface area contributed by atoms with Crippen LogP contribution in [0.5, 0.6) is 5.88 Å². The van der Waals surface area contributed by atoms with Gasteiger partial charge in [-0.3, -0.25) is 43.4 Å². The summed E-state index contributed by atoms with van der Waals surface area (Å²) < 4.78 is 32.9. The standard InChI is InChI=1S/C59H76N14O16/c1-36(2)52(72-56(80)44(15-18-51(77)78)67-47(74)19-23-84-26-28-86-30-31-87-29-27-85-25-22-73-49(75)16-17-50(73)76)57(81)69-43(8-5-20-62-58(61)82)55(79)66-40-12-9-38(10-13-40)35-89-59(83)63-21-24-88-48-34-64-41-14-11-39(32-45(41)68-48)53-54(71-46(33-60)70-53)42-7-4-6-37(3)65-42/h4,6-7,9-14,16-17,32,34,36,43-44,52H,5,8,15,18-31,33,35,60H2,1-3H3,(H,63,83)(H,66,79)(H,67,74)(H,69,81)(H,70,71)(H,72,80)(H,77,78)(H3,61,62,82)/t43-,44-,52-/m0/s1. The lowest BCUT2D eigenvalue weighted by atomic mass is 10.0. The average molecular weight is 1240 g/mol. The van der Waals surface area contributed by atoms with E-state index in [1.807, 2.05) is 43.3 Å². The van der Waals surface area contributed by atoms with E-state index in [-0.39, 0.29) is 136 Å². The predicted molar refractivity (Wildman–Crippen MR) is 320 cm³/mol. The number of amides is 9. The van der Waals surface area contributed by atoms with Crippen LogP contribution in [0.4, 0.5) is 15.3 Å². The van der Waals surface area contributed by atoms with Crippen LogP contribution >= 0.6 is 0 Å². The summed E-state index contributed by atoms with van der Waals surface area (Å²) in [6.45, 7) is 7.09. The lowest BCUT2D eigenvalue weighted by Gasteiger charge is -2.27. The van der Waals surface area contributed by atoms with Crippen LogP contribution in [0.25, 0.3) is 33.7 Å². The van der Waals surface area contributed by atoms with Gasteiger partial charge >= 0.3 is 18.1 Å². The van der Waals surface area contributed by atoms with Crippen LogP contribution in [0, 0.1) is 12.8 Å². The second kappa shape index (κ2) is 36.0. The maximum atomic E-state index is 13.9. The van der Waals surface area contributed by atoms with Crippen LogP contribution in [0.3, 0.4) is 0 Å². The van der Waals surface area contributed by atoms with Crippen LogP contribution < -0.4 is 48.1 Å². The second-order valence-electron chi connectivity index (χ2n) is 20.4. The van der Waals surface area contributed by atoms with Crippen molar-refractivity contribution in [1.82, 2.24) is 56.4 Å². The van der Waals surface area contributed by atoms with Crippen molar-refractivity contribution in [3.05, 3.63) is 96.1 Å². The number of nitrogens with two attached hydrogens (primary N) is 2. The number of carbonyl (C=O) groups is 9. The third-order valence-corrected chi connectivity index (χ3v) is 13.2. The zero-order chi connectivity index (χ0) is 64.1. The van der Waals surface area contributed by atoms with Crippen LogP contribution in [0.15, 0.2) is 79.0 Å². The Morgan fingerprint density at radius 3 is 2.06 bits per heavy atom. The lowest BCUT2D eigenvalue weighted by Crippen LogP contribution is -2.58. The third kappa shape index (κ3) is 23.3. The van der Waals surface area contributed by atoms with E-state index < -0.39 is 72.2 Å². The predicted octanol–water partition coefficient (Wildman–Crippen LogP) is 1.90. The number of imidazole rings is 1. The first-order valence-corrected chi connectivity index (χ1v) is 28.8. The molecule has 0 bridgehead atoms. The molecule has 1 aliphatic heterocycles. The maximum absolute atomic E-state index is 13.9. The molecule has 5 aromatic rings. The van der Waals surface area contributed by atoms with Crippen molar-refractivity contribution < 1.29 is 76.7 Å². The molecule has 3 atom stereocenters. The number of anilines is 1. The number of primary amides is 1. The Morgan fingerprint density at radius 2 is 1.39 bits per heavy atom. The SMILES string of the molecule is Cc1cccc(-c2[nH]c(CN)nc2-c2ccc3ncc(OCCNC(=O)OCc4ccc(NC(=O)[C@H](CCCNC(N)=O)NC(=O)[C@@H](NC(=O)[C@H](CCC(=O)O)NC(=O)CCOCCOCCOCCOCCN5C(=O)C=CC5=O)C(C)C)cc4)nc3c2)n1. The Labute approximate surface area is 512 Å². The Kier molecular flexibility index (Phi) is 27.7. The number of aromatic nitrogens is 5. The van der Waals surface area contributed by atoms with Gasteiger partial charge in [-0.25, -0.2) is 24.5 Å². The van der Waals surface area contributed by atoms with E-state index in [9.17, 15) is 48.3 Å². The minimum absolute atomic E-state index is 0.0164. The monoisotopic (exact) mass is 1240 g/mol. The van der Waals surface area contributed by atoms with Gasteiger partial charge in [0.15, 0.2) is 0 Å². The Morgan fingerprint density at radius 1 is 0.708 bits per heavy atom. The smallest absolute Gasteiger partial charge is 0.407 e. The molecule has 0 fully saturated rings. The van der Waals surface area contributed by atoms with Crippen molar-refractivity contribution in [3.63, 3.8) is 0 Å². The fraction of sp³-hybridized carbons (Fsp3) is 0.441. The van der Waals surface area contributed by atoms with E-state index in [2.05, 4.69) is 51.8 Å². The minimum Gasteiger partial charge on any atom is -0.481 e. The largest absolute Gasteiger partial charge is 0.481 e. The minimum atomic E-state index is -1.36. The van der Waals surface area contributed by atoms with Crippen molar-refractivity contribution in [1.29, 1.82) is 0 Å². The van der Waals surface area contributed by atoms with Crippen LogP contribution in [0.2, 0.25) is 0 Å². The molecule has 89 heavy (non-hydrogen) atoms. The molecular weight excluding hydrogens is 1160 g/mol. The number of aryl methyl sites for hydroxylation is 1. The molecule has 0 aliphatic carbocycles. The molecular formula is C59H76N14O16. The number of alkyl carbamates (subject to hydrolysis) is 1. The normalized spacial score (nSPS) is 13.0. The molecule has 1 aliphatic rings. The number of carboxylic acid groups (broad SMARTS) is 1. The lowest BCUT2D eigenvalue weighted by molar-refractivity contribution is -0.139. The number of ether oxygens (including phenoxy) is 6. The van der Waals surface area contributed by atoms with Crippen molar-refractivity contribution in [2.75, 3.05) is 84.4 Å². The van der Waals surface area contributed by atoms with Gasteiger partial charge in [0.2, 0.25) is 29.5 Å². The van der Waals surface area contributed by atoms with Gasteiger partial charge in [0, 0.05) is 48.5 Å². The number of rotatable bonds is 39. The quantitative estimate of drug-likeness (QED) is 0.0198. The van der Waals surface area contributed by atoms with E-state index in [0.717, 1.165) is 27.5 Å². The number of carboxylic acids is 1. The fourth-order valence-corrected chi connectivity index (χ4v) is 8.60. The van der Waals surface area contributed by atoms with Gasteiger partial charge in [0.25, 0.3) is 11.8 Å². The number of nitrogens with zero attached hydrogens (tertiary/aromatic N) is 5. The summed E-state index contributed by atoms with van der Waals surface area (Å²) in [5.74, 6) is -4.58. The first kappa shape index (κ1) is 68.6. The molecule has 0 unspecified atom stereocenters. The molecule has 3 aromatic heterocycles. The van der Waals surface area contributed by atoms with Gasteiger partial charge < -0.3 is 81.9 Å². The highest BCUT2D eigenvalue weighted by Crippen LogP contribution is 2.31. The first-order valence-electron chi connectivity index (χ1n) is 28.8. The zero-order valence-corrected chi connectivity index (χ0v) is 49.7. The summed E-state index contributed by atoms with van der Waals surface area (Å²) in [4.78, 5) is 136. The number of nitrogens with one attached hydrogen (secondary N) is 7. The molecule has 0 saturated carbocycles. The van der Waals surface area contributed by atoms with Crippen LogP contribution in [0.1, 0.15) is 63.0 Å². The van der Waals surface area contributed by atoms with Crippen molar-refractivity contribution in [3.8, 4) is 28.5 Å². The number of aliphatic carboxylic acids is 1. The van der Waals surface area contributed by atoms with E-state index in [1.165, 1.54) is 18.3 Å². The van der Waals surface area contributed by atoms with Gasteiger partial charge in [-0.15, -0.1) is 0 Å². The van der Waals surface area contributed by atoms with E-state index >= 15 is 0 Å². The average Bonchev–Trinajstić information content (AvgIpc) is 2.73.